The summed E-state index contributed by atoms with van der Waals surface area (Å²) in [7, 11) is 3.20. The van der Waals surface area contributed by atoms with Gasteiger partial charge in [0.15, 0.2) is 6.29 Å². The van der Waals surface area contributed by atoms with Crippen molar-refractivity contribution in [3.63, 3.8) is 0 Å². The molecule has 1 rings (SSSR count). The van der Waals surface area contributed by atoms with Gasteiger partial charge in [0.05, 0.1) is 6.54 Å². The molecular weight excluding hydrogens is 206 g/mol. The van der Waals surface area contributed by atoms with Crippen molar-refractivity contribution in [1.29, 1.82) is 0 Å². The SMILES string of the molecule is COC(CNc1cc(C)c(O)cc1C)OC. The van der Waals surface area contributed by atoms with Crippen LogP contribution in [-0.2, 0) is 9.47 Å². The van der Waals surface area contributed by atoms with Crippen LogP contribution in [0.15, 0.2) is 12.1 Å². The van der Waals surface area contributed by atoms with Crippen molar-refractivity contribution < 1.29 is 14.6 Å². The normalized spacial score (nSPS) is 10.8. The zero-order valence-electron chi connectivity index (χ0n) is 10.2. The Bertz CT molecular complexity index is 348. The molecule has 0 aromatic heterocycles. The molecule has 0 saturated heterocycles. The van der Waals surface area contributed by atoms with Crippen LogP contribution in [0, 0.1) is 13.8 Å². The first-order chi connectivity index (χ1) is 7.58. The number of hydrogen-bond acceptors (Lipinski definition) is 4. The summed E-state index contributed by atoms with van der Waals surface area (Å²) < 4.78 is 10.2. The smallest absolute Gasteiger partial charge is 0.173 e. The Morgan fingerprint density at radius 2 is 1.81 bits per heavy atom. The second-order valence-corrected chi connectivity index (χ2v) is 3.74. The summed E-state index contributed by atoms with van der Waals surface area (Å²) in [4.78, 5) is 0. The van der Waals surface area contributed by atoms with Gasteiger partial charge in [0.1, 0.15) is 5.75 Å². The molecule has 90 valence electrons. The third kappa shape index (κ3) is 3.12. The van der Waals surface area contributed by atoms with Crippen molar-refractivity contribution in [3.8, 4) is 5.75 Å². The Balaban J connectivity index is 2.70. The molecule has 0 bridgehead atoms. The maximum absolute atomic E-state index is 9.52. The Labute approximate surface area is 96.2 Å². The van der Waals surface area contributed by atoms with Crippen LogP contribution in [0.1, 0.15) is 11.1 Å². The van der Waals surface area contributed by atoms with Gasteiger partial charge in [-0.1, -0.05) is 0 Å². The van der Waals surface area contributed by atoms with Gasteiger partial charge in [-0.3, -0.25) is 0 Å². The Morgan fingerprint density at radius 3 is 2.38 bits per heavy atom. The number of anilines is 1. The van der Waals surface area contributed by atoms with E-state index >= 15 is 0 Å². The molecule has 0 saturated carbocycles. The van der Waals surface area contributed by atoms with E-state index in [0.717, 1.165) is 16.8 Å². The van der Waals surface area contributed by atoms with E-state index < -0.39 is 0 Å². The third-order valence-electron chi connectivity index (χ3n) is 2.53. The van der Waals surface area contributed by atoms with Crippen molar-refractivity contribution in [2.45, 2.75) is 20.1 Å². The molecule has 4 nitrogen and oxygen atoms in total. The lowest BCUT2D eigenvalue weighted by molar-refractivity contribution is -0.0914. The monoisotopic (exact) mass is 225 g/mol. The predicted molar refractivity (Wildman–Crippen MR) is 63.9 cm³/mol. The molecule has 0 unspecified atom stereocenters. The molecule has 0 aliphatic carbocycles. The first-order valence-electron chi connectivity index (χ1n) is 5.18. The van der Waals surface area contributed by atoms with E-state index in [2.05, 4.69) is 5.32 Å². The molecule has 0 fully saturated rings. The first kappa shape index (κ1) is 12.8. The van der Waals surface area contributed by atoms with Crippen molar-refractivity contribution in [2.75, 3.05) is 26.1 Å². The van der Waals surface area contributed by atoms with Crippen LogP contribution in [0.4, 0.5) is 5.69 Å². The molecule has 4 heteroatoms. The fraction of sp³-hybridized carbons (Fsp3) is 0.500. The molecule has 0 atom stereocenters. The molecule has 0 spiro atoms. The van der Waals surface area contributed by atoms with Gasteiger partial charge in [0.2, 0.25) is 0 Å². The standard InChI is InChI=1S/C12H19NO3/c1-8-6-11(14)9(2)5-10(8)13-7-12(15-3)16-4/h5-6,12-14H,7H2,1-4H3. The lowest BCUT2D eigenvalue weighted by Crippen LogP contribution is -2.23. The second-order valence-electron chi connectivity index (χ2n) is 3.74. The minimum Gasteiger partial charge on any atom is -0.508 e. The highest BCUT2D eigenvalue weighted by atomic mass is 16.7. The highest BCUT2D eigenvalue weighted by Crippen LogP contribution is 2.24. The highest BCUT2D eigenvalue weighted by molar-refractivity contribution is 5.56. The molecule has 2 N–H and O–H groups in total. The van der Waals surface area contributed by atoms with Crippen LogP contribution >= 0.6 is 0 Å². The molecule has 0 aliphatic rings. The molecule has 0 heterocycles. The zero-order valence-corrected chi connectivity index (χ0v) is 10.2. The van der Waals surface area contributed by atoms with Gasteiger partial charge >= 0.3 is 0 Å². The molecule has 0 radical (unpaired) electrons. The molecule has 16 heavy (non-hydrogen) atoms. The van der Waals surface area contributed by atoms with Gasteiger partial charge < -0.3 is 19.9 Å². The zero-order chi connectivity index (χ0) is 12.1. The molecule has 0 amide bonds. The summed E-state index contributed by atoms with van der Waals surface area (Å²) >= 11 is 0. The number of phenolic OH excluding ortho intramolecular Hbond substituents is 1. The van der Waals surface area contributed by atoms with E-state index in [1.165, 1.54) is 0 Å². The summed E-state index contributed by atoms with van der Waals surface area (Å²) in [6, 6.07) is 3.65. The van der Waals surface area contributed by atoms with E-state index in [-0.39, 0.29) is 6.29 Å². The summed E-state index contributed by atoms with van der Waals surface area (Å²) in [5.74, 6) is 0.318. The van der Waals surface area contributed by atoms with Crippen molar-refractivity contribution in [2.24, 2.45) is 0 Å². The predicted octanol–water partition coefficient (Wildman–Crippen LogP) is 2.04. The van der Waals surface area contributed by atoms with Crippen LogP contribution < -0.4 is 5.32 Å². The fourth-order valence-electron chi connectivity index (χ4n) is 1.45. The number of benzene rings is 1. The van der Waals surface area contributed by atoms with Crippen molar-refractivity contribution in [3.05, 3.63) is 23.3 Å². The average molecular weight is 225 g/mol. The molecule has 1 aromatic carbocycles. The van der Waals surface area contributed by atoms with Crippen molar-refractivity contribution >= 4 is 5.69 Å². The van der Waals surface area contributed by atoms with E-state index in [9.17, 15) is 5.11 Å². The number of phenols is 1. The van der Waals surface area contributed by atoms with Gasteiger partial charge in [0, 0.05) is 19.9 Å². The minimum atomic E-state index is -0.270. The summed E-state index contributed by atoms with van der Waals surface area (Å²) in [6.45, 7) is 4.37. The maximum atomic E-state index is 9.52. The van der Waals surface area contributed by atoms with Gasteiger partial charge in [-0.25, -0.2) is 0 Å². The average Bonchev–Trinajstić information content (AvgIpc) is 2.26. The van der Waals surface area contributed by atoms with Crippen LogP contribution in [0.2, 0.25) is 0 Å². The number of methoxy groups -OCH3 is 2. The number of nitrogens with one attached hydrogen (secondary N) is 1. The number of aromatic hydroxyl groups is 1. The Hall–Kier alpha value is -1.26. The lowest BCUT2D eigenvalue weighted by Gasteiger charge is -2.17. The van der Waals surface area contributed by atoms with E-state index in [1.807, 2.05) is 19.9 Å². The number of rotatable bonds is 5. The number of ether oxygens (including phenoxy) is 2. The topological polar surface area (TPSA) is 50.7 Å². The van der Waals surface area contributed by atoms with Crippen LogP contribution in [0.25, 0.3) is 0 Å². The van der Waals surface area contributed by atoms with Gasteiger partial charge in [-0.2, -0.15) is 0 Å². The van der Waals surface area contributed by atoms with Gasteiger partial charge in [-0.15, -0.1) is 0 Å². The number of hydrogen-bond donors (Lipinski definition) is 2. The van der Waals surface area contributed by atoms with E-state index in [0.29, 0.717) is 12.3 Å². The van der Waals surface area contributed by atoms with Crippen LogP contribution in [0.3, 0.4) is 0 Å². The summed E-state index contributed by atoms with van der Waals surface area (Å²) in [5, 5.41) is 12.7. The third-order valence-corrected chi connectivity index (χ3v) is 2.53. The minimum absolute atomic E-state index is 0.270. The number of aryl methyl sites for hydroxylation is 2. The fourth-order valence-corrected chi connectivity index (χ4v) is 1.45. The van der Waals surface area contributed by atoms with E-state index in [1.54, 1.807) is 20.3 Å². The van der Waals surface area contributed by atoms with Gasteiger partial charge in [-0.05, 0) is 37.1 Å². The van der Waals surface area contributed by atoms with Crippen LogP contribution in [-0.4, -0.2) is 32.2 Å². The second kappa shape index (κ2) is 5.72. The van der Waals surface area contributed by atoms with E-state index in [4.69, 9.17) is 9.47 Å². The Kier molecular flexibility index (Phi) is 4.58. The Morgan fingerprint density at radius 1 is 1.19 bits per heavy atom. The van der Waals surface area contributed by atoms with Gasteiger partial charge in [0.25, 0.3) is 0 Å². The molecule has 0 aliphatic heterocycles. The molecular formula is C12H19NO3. The lowest BCUT2D eigenvalue weighted by atomic mass is 10.1. The first-order valence-corrected chi connectivity index (χ1v) is 5.18. The highest BCUT2D eigenvalue weighted by Gasteiger charge is 2.07. The largest absolute Gasteiger partial charge is 0.508 e. The van der Waals surface area contributed by atoms with Crippen LogP contribution in [0.5, 0.6) is 5.75 Å². The quantitative estimate of drug-likeness (QED) is 0.594. The maximum Gasteiger partial charge on any atom is 0.173 e. The molecule has 1 aromatic rings. The summed E-state index contributed by atoms with van der Waals surface area (Å²) in [5.41, 5.74) is 2.82. The summed E-state index contributed by atoms with van der Waals surface area (Å²) in [6.07, 6.45) is -0.270. The van der Waals surface area contributed by atoms with Crippen molar-refractivity contribution in [1.82, 2.24) is 0 Å².